The summed E-state index contributed by atoms with van der Waals surface area (Å²) < 4.78 is 4.58. The second kappa shape index (κ2) is 8.88. The Kier molecular flexibility index (Phi) is 8.77. The normalized spacial score (nSPS) is 8.30. The fraction of sp³-hybridized carbons (Fsp3) is 0.500. The fourth-order valence-electron chi connectivity index (χ4n) is 0.580. The molecule has 0 bridgehead atoms. The van der Waals surface area contributed by atoms with E-state index in [0.29, 0.717) is 0 Å². The van der Waals surface area contributed by atoms with E-state index in [4.69, 9.17) is 0 Å². The smallest absolute Gasteiger partial charge is 0.0902 e. The van der Waals surface area contributed by atoms with Crippen LogP contribution in [0.3, 0.4) is 0 Å². The molecule has 10 heavy (non-hydrogen) atoms. The number of rotatable bonds is 2. The Morgan fingerprint density at radius 2 is 1.90 bits per heavy atom. The summed E-state index contributed by atoms with van der Waals surface area (Å²) in [5.41, 5.74) is 0. The van der Waals surface area contributed by atoms with Crippen LogP contribution in [0.2, 0.25) is 5.09 Å². The van der Waals surface area contributed by atoms with Crippen LogP contribution in [0.15, 0.2) is 29.1 Å². The van der Waals surface area contributed by atoms with Crippen molar-refractivity contribution in [3.05, 3.63) is 24.7 Å². The van der Waals surface area contributed by atoms with E-state index in [1.165, 1.54) is 17.9 Å². The van der Waals surface area contributed by atoms with Crippen molar-refractivity contribution in [1.82, 2.24) is 0 Å². The SMILES string of the molecule is [Li][CH2]CCC.c1ccoc1. The van der Waals surface area contributed by atoms with Gasteiger partial charge in [-0.15, -0.1) is 0 Å². The van der Waals surface area contributed by atoms with Crippen molar-refractivity contribution in [1.29, 1.82) is 0 Å². The zero-order chi connectivity index (χ0) is 7.66. The molecule has 0 N–H and O–H groups in total. The van der Waals surface area contributed by atoms with Crippen LogP contribution in [-0.2, 0) is 0 Å². The van der Waals surface area contributed by atoms with Gasteiger partial charge >= 0.3 is 42.6 Å². The molecule has 1 aromatic heterocycles. The van der Waals surface area contributed by atoms with E-state index >= 15 is 0 Å². The van der Waals surface area contributed by atoms with E-state index in [1.54, 1.807) is 12.5 Å². The van der Waals surface area contributed by atoms with Crippen LogP contribution >= 0.6 is 0 Å². The van der Waals surface area contributed by atoms with E-state index in [-0.39, 0.29) is 0 Å². The molecule has 0 spiro atoms. The summed E-state index contributed by atoms with van der Waals surface area (Å²) in [6.07, 6.45) is 5.98. The minimum atomic E-state index is 1.34. The van der Waals surface area contributed by atoms with Crippen LogP contribution in [-0.4, -0.2) is 17.7 Å². The molecule has 0 amide bonds. The average molecular weight is 132 g/mol. The number of hydrogen-bond donors (Lipinski definition) is 0. The molecule has 1 rings (SSSR count). The molecule has 0 saturated carbocycles. The summed E-state index contributed by atoms with van der Waals surface area (Å²) in [6, 6.07) is 3.67. The minimum absolute atomic E-state index is 1.34. The van der Waals surface area contributed by atoms with Crippen LogP contribution in [0.25, 0.3) is 0 Å². The maximum Gasteiger partial charge on any atom is 0.0902 e. The quantitative estimate of drug-likeness (QED) is 0.564. The summed E-state index contributed by atoms with van der Waals surface area (Å²) >= 11 is 2.21. The Morgan fingerprint density at radius 3 is 2.00 bits per heavy atom. The zero-order valence-corrected chi connectivity index (χ0v) is 6.84. The summed E-state index contributed by atoms with van der Waals surface area (Å²) in [5, 5.41) is 1.34. The molecule has 52 valence electrons. The largest absolute Gasteiger partial charge is 0.473 e. The average Bonchev–Trinajstić information content (AvgIpc) is 2.44. The maximum atomic E-state index is 4.58. The van der Waals surface area contributed by atoms with Crippen molar-refractivity contribution in [2.24, 2.45) is 0 Å². The van der Waals surface area contributed by atoms with Gasteiger partial charge in [-0.25, -0.2) is 0 Å². The molecule has 1 heterocycles. The first-order valence-corrected chi connectivity index (χ1v) is 3.89. The van der Waals surface area contributed by atoms with Crippen molar-refractivity contribution in [2.75, 3.05) is 0 Å². The van der Waals surface area contributed by atoms with Gasteiger partial charge in [-0.05, 0) is 12.1 Å². The van der Waals surface area contributed by atoms with Gasteiger partial charge in [-0.3, -0.25) is 0 Å². The monoisotopic (exact) mass is 132 g/mol. The second-order valence-corrected chi connectivity index (χ2v) is 2.15. The van der Waals surface area contributed by atoms with Crippen LogP contribution in [0, 0.1) is 0 Å². The van der Waals surface area contributed by atoms with Gasteiger partial charge in [-0.1, -0.05) is 0 Å². The standard InChI is InChI=1S/C4H4O.C4H9.Li/c1-2-4-5-3-1;1-3-4-2;/h1-4H;1,3-4H2,2H3;. The van der Waals surface area contributed by atoms with Gasteiger partial charge < -0.3 is 4.42 Å². The molecule has 0 fully saturated rings. The first-order chi connectivity index (χ1) is 4.91. The molecule has 1 aromatic rings. The Hall–Kier alpha value is -0.123. The Bertz CT molecular complexity index is 95.6. The van der Waals surface area contributed by atoms with Crippen molar-refractivity contribution in [3.8, 4) is 0 Å². The van der Waals surface area contributed by atoms with Crippen LogP contribution < -0.4 is 0 Å². The van der Waals surface area contributed by atoms with Gasteiger partial charge in [0.25, 0.3) is 0 Å². The first-order valence-electron chi connectivity index (χ1n) is 3.89. The Labute approximate surface area is 72.0 Å². The van der Waals surface area contributed by atoms with Gasteiger partial charge in [0.05, 0.1) is 12.5 Å². The molecule has 0 atom stereocenters. The van der Waals surface area contributed by atoms with Gasteiger partial charge in [0.2, 0.25) is 0 Å². The molecule has 0 aliphatic rings. The first kappa shape index (κ1) is 9.88. The van der Waals surface area contributed by atoms with Gasteiger partial charge in [0, 0.05) is 0 Å². The van der Waals surface area contributed by atoms with Crippen molar-refractivity contribution >= 4 is 17.7 Å². The van der Waals surface area contributed by atoms with Crippen molar-refractivity contribution in [3.63, 3.8) is 0 Å². The Balaban J connectivity index is 0.000000162. The van der Waals surface area contributed by atoms with E-state index in [0.717, 1.165) is 0 Å². The summed E-state index contributed by atoms with van der Waals surface area (Å²) in [5.74, 6) is 0. The van der Waals surface area contributed by atoms with Gasteiger partial charge in [0.15, 0.2) is 0 Å². The van der Waals surface area contributed by atoms with E-state index < -0.39 is 0 Å². The fourth-order valence-corrected chi connectivity index (χ4v) is 0.580. The van der Waals surface area contributed by atoms with E-state index in [2.05, 4.69) is 29.1 Å². The minimum Gasteiger partial charge on any atom is -0.473 e. The molecule has 0 saturated heterocycles. The number of furan rings is 1. The molecule has 0 unspecified atom stereocenters. The molecule has 0 aromatic carbocycles. The topological polar surface area (TPSA) is 13.1 Å². The third-order valence-corrected chi connectivity index (χ3v) is 1.13. The summed E-state index contributed by atoms with van der Waals surface area (Å²) in [7, 11) is 0. The van der Waals surface area contributed by atoms with E-state index in [9.17, 15) is 0 Å². The molecule has 2 heteroatoms. The number of unbranched alkanes of at least 4 members (excludes halogenated alkanes) is 1. The summed E-state index contributed by atoms with van der Waals surface area (Å²) in [4.78, 5) is 0. The van der Waals surface area contributed by atoms with Crippen LogP contribution in [0.1, 0.15) is 19.8 Å². The van der Waals surface area contributed by atoms with Crippen LogP contribution in [0.4, 0.5) is 0 Å². The second-order valence-electron chi connectivity index (χ2n) is 2.15. The predicted octanol–water partition coefficient (Wildman–Crippen LogP) is 2.65. The zero-order valence-electron chi connectivity index (χ0n) is 6.84. The summed E-state index contributed by atoms with van der Waals surface area (Å²) in [6.45, 7) is 2.21. The molecule has 0 aliphatic heterocycles. The molecule has 0 aliphatic carbocycles. The molecule has 0 radical (unpaired) electrons. The molecular formula is C8H13LiO. The molecular weight excluding hydrogens is 119 g/mol. The predicted molar refractivity (Wildman–Crippen MR) is 44.2 cm³/mol. The maximum absolute atomic E-state index is 4.58. The third-order valence-electron chi connectivity index (χ3n) is 1.13. The van der Waals surface area contributed by atoms with Crippen LogP contribution in [0.5, 0.6) is 0 Å². The third kappa shape index (κ3) is 7.88. The number of hydrogen-bond acceptors (Lipinski definition) is 1. The molecule has 1 nitrogen and oxygen atoms in total. The van der Waals surface area contributed by atoms with Crippen molar-refractivity contribution < 1.29 is 4.42 Å². The van der Waals surface area contributed by atoms with Gasteiger partial charge in [-0.2, -0.15) is 0 Å². The Morgan fingerprint density at radius 1 is 1.30 bits per heavy atom. The van der Waals surface area contributed by atoms with E-state index in [1.807, 2.05) is 12.1 Å². The van der Waals surface area contributed by atoms with Gasteiger partial charge in [0.1, 0.15) is 0 Å². The van der Waals surface area contributed by atoms with Crippen molar-refractivity contribution in [2.45, 2.75) is 24.9 Å².